The summed E-state index contributed by atoms with van der Waals surface area (Å²) in [7, 11) is -2.66. The van der Waals surface area contributed by atoms with Crippen LogP contribution in [-0.2, 0) is 31.1 Å². The van der Waals surface area contributed by atoms with Crippen LogP contribution in [0.15, 0.2) is 59.7 Å². The molecular formula is C45H53F2N9O7S. The number of rotatable bonds is 15. The molecule has 4 heterocycles. The number of aryl methyl sites for hydroxylation is 1. The Bertz CT molecular complexity index is 2620. The molecule has 0 radical (unpaired) electrons. The second-order valence-corrected chi connectivity index (χ2v) is 18.7. The number of aromatic nitrogens is 2. The molecular weight excluding hydrogens is 849 g/mol. The Morgan fingerprint density at radius 2 is 1.77 bits per heavy atom. The van der Waals surface area contributed by atoms with Gasteiger partial charge in [0, 0.05) is 45.3 Å². The van der Waals surface area contributed by atoms with Gasteiger partial charge in [0.25, 0.3) is 5.56 Å². The van der Waals surface area contributed by atoms with Gasteiger partial charge in [0.2, 0.25) is 17.7 Å². The number of hydrogen-bond donors (Lipinski definition) is 3. The number of fused-ring (bicyclic) bond motifs is 1. The fourth-order valence-corrected chi connectivity index (χ4v) is 9.63. The topological polar surface area (TPSA) is 199 Å². The molecule has 0 aliphatic carbocycles. The third kappa shape index (κ3) is 10.5. The lowest BCUT2D eigenvalue weighted by Gasteiger charge is -2.37. The van der Waals surface area contributed by atoms with Crippen LogP contribution >= 0.6 is 0 Å². The van der Waals surface area contributed by atoms with Gasteiger partial charge in [0.15, 0.2) is 11.6 Å². The van der Waals surface area contributed by atoms with E-state index in [-0.39, 0.29) is 70.4 Å². The van der Waals surface area contributed by atoms with Gasteiger partial charge in [-0.25, -0.2) is 13.8 Å². The van der Waals surface area contributed by atoms with Gasteiger partial charge in [-0.05, 0) is 117 Å². The number of nitrogens with zero attached hydrogens (tertiary/aromatic N) is 6. The summed E-state index contributed by atoms with van der Waals surface area (Å²) < 4.78 is 66.2. The summed E-state index contributed by atoms with van der Waals surface area (Å²) in [6, 6.07) is 12.8. The average molecular weight is 902 g/mol. The van der Waals surface area contributed by atoms with Crippen LogP contribution in [0.4, 0.5) is 20.2 Å². The van der Waals surface area contributed by atoms with Crippen LogP contribution in [0.25, 0.3) is 10.9 Å². The first-order valence-electron chi connectivity index (χ1n) is 21.7. The Kier molecular flexibility index (Phi) is 14.3. The minimum Gasteiger partial charge on any atom is -0.453 e. The molecule has 3 N–H and O–H groups in total. The van der Waals surface area contributed by atoms with Crippen LogP contribution in [-0.4, -0.2) is 102 Å². The normalized spacial score (nSPS) is 18.5. The lowest BCUT2D eigenvalue weighted by atomic mass is 9.83. The summed E-state index contributed by atoms with van der Waals surface area (Å²) >= 11 is 0. The number of likely N-dealkylation sites (tertiary alicyclic amines) is 2. The van der Waals surface area contributed by atoms with Crippen LogP contribution in [0.3, 0.4) is 0 Å². The van der Waals surface area contributed by atoms with E-state index in [1.807, 2.05) is 11.0 Å². The first kappa shape index (κ1) is 46.0. The number of anilines is 2. The van der Waals surface area contributed by atoms with Gasteiger partial charge in [-0.3, -0.25) is 38.7 Å². The number of ether oxygens (including phenoxy) is 1. The van der Waals surface area contributed by atoms with Crippen molar-refractivity contribution < 1.29 is 36.3 Å². The SMILES string of the molecule is CCN(C)S(=O)(=O)Nc1ccc(F)c(Oc2ccc3ncn(CCC(C)C4CCN(C(=O)CN5CCC(c6ccc(NC7CCC(=O)NC7=O)cc6F)CC5)CC4)c(=O)c3c2)c1C#N. The van der Waals surface area contributed by atoms with E-state index < -0.39 is 33.7 Å². The van der Waals surface area contributed by atoms with Gasteiger partial charge in [-0.2, -0.15) is 18.0 Å². The van der Waals surface area contributed by atoms with Crippen LogP contribution in [0.1, 0.15) is 75.8 Å². The van der Waals surface area contributed by atoms with E-state index in [9.17, 15) is 32.9 Å². The van der Waals surface area contributed by atoms with E-state index in [1.165, 1.54) is 36.1 Å². The largest absolute Gasteiger partial charge is 0.453 e. The lowest BCUT2D eigenvalue weighted by Crippen LogP contribution is -2.47. The predicted octanol–water partition coefficient (Wildman–Crippen LogP) is 5.31. The fraction of sp³-hybridized carbons (Fsp3) is 0.467. The Labute approximate surface area is 370 Å². The molecule has 64 heavy (non-hydrogen) atoms. The summed E-state index contributed by atoms with van der Waals surface area (Å²) in [4.78, 5) is 59.1. The summed E-state index contributed by atoms with van der Waals surface area (Å²) in [6.45, 7) is 7.31. The van der Waals surface area contributed by atoms with E-state index in [0.717, 1.165) is 42.1 Å². The van der Waals surface area contributed by atoms with Gasteiger partial charge >= 0.3 is 10.2 Å². The standard InChI is InChI=1S/C45H53F2N9O7S/c1-4-53(3)64(61,62)52-39-10-8-36(46)43(35(39)25-48)63-32-6-9-38-34(24-32)45(60)56(27-49-38)20-13-28(2)29-16-21-55(22-17-29)42(58)26-54-18-14-30(15-19-54)33-7-5-31(23-37(33)47)50-40-11-12-41(57)51-44(40)59/h5-10,23-24,27-30,40,50,52H,4,11-22,26H2,1-3H3,(H,51,57,59). The van der Waals surface area contributed by atoms with E-state index in [0.29, 0.717) is 74.8 Å². The molecule has 3 amide bonds. The third-order valence-electron chi connectivity index (χ3n) is 12.8. The fourth-order valence-electron chi connectivity index (χ4n) is 8.69. The summed E-state index contributed by atoms with van der Waals surface area (Å²) in [6.07, 6.45) is 5.90. The van der Waals surface area contributed by atoms with E-state index >= 15 is 8.78 Å². The molecule has 4 aromatic rings. The zero-order valence-corrected chi connectivity index (χ0v) is 36.9. The van der Waals surface area contributed by atoms with Gasteiger partial charge < -0.3 is 15.0 Å². The highest BCUT2D eigenvalue weighted by Gasteiger charge is 2.31. The zero-order chi connectivity index (χ0) is 45.7. The van der Waals surface area contributed by atoms with Crippen molar-refractivity contribution in [1.82, 2.24) is 29.0 Å². The summed E-state index contributed by atoms with van der Waals surface area (Å²) in [5.41, 5.74) is 0.668. The number of benzene rings is 3. The number of nitrogens with one attached hydrogen (secondary N) is 3. The highest BCUT2D eigenvalue weighted by Crippen LogP contribution is 2.35. The highest BCUT2D eigenvalue weighted by atomic mass is 32.2. The maximum atomic E-state index is 15.2. The van der Waals surface area contributed by atoms with Crippen molar-refractivity contribution in [3.63, 3.8) is 0 Å². The molecule has 0 saturated carbocycles. The molecule has 3 saturated heterocycles. The first-order valence-corrected chi connectivity index (χ1v) is 23.1. The van der Waals surface area contributed by atoms with Crippen LogP contribution in [0.2, 0.25) is 0 Å². The minimum atomic E-state index is -4.02. The number of imide groups is 1. The van der Waals surface area contributed by atoms with Crippen molar-refractivity contribution in [3.05, 3.63) is 88.0 Å². The molecule has 2 unspecified atom stereocenters. The number of carbonyl (C=O) groups excluding carboxylic acids is 3. The van der Waals surface area contributed by atoms with Crippen molar-refractivity contribution >= 4 is 50.2 Å². The molecule has 0 bridgehead atoms. The predicted molar refractivity (Wildman–Crippen MR) is 236 cm³/mol. The molecule has 16 nitrogen and oxygen atoms in total. The van der Waals surface area contributed by atoms with Crippen molar-refractivity contribution in [1.29, 1.82) is 5.26 Å². The van der Waals surface area contributed by atoms with Crippen molar-refractivity contribution in [2.45, 2.75) is 77.3 Å². The highest BCUT2D eigenvalue weighted by molar-refractivity contribution is 7.90. The van der Waals surface area contributed by atoms with Crippen LogP contribution in [0, 0.1) is 34.8 Å². The Morgan fingerprint density at radius 1 is 1.02 bits per heavy atom. The van der Waals surface area contributed by atoms with Crippen molar-refractivity contribution in [2.24, 2.45) is 11.8 Å². The zero-order valence-electron chi connectivity index (χ0n) is 36.1. The molecule has 3 aliphatic rings. The average Bonchev–Trinajstić information content (AvgIpc) is 3.28. The molecule has 3 aliphatic heterocycles. The molecule has 340 valence electrons. The monoisotopic (exact) mass is 901 g/mol. The molecule has 7 rings (SSSR count). The summed E-state index contributed by atoms with van der Waals surface area (Å²) in [5, 5.41) is 15.4. The second kappa shape index (κ2) is 19.8. The number of halogens is 2. The van der Waals surface area contributed by atoms with Crippen molar-refractivity contribution in [3.8, 4) is 17.6 Å². The van der Waals surface area contributed by atoms with E-state index in [4.69, 9.17) is 4.74 Å². The Balaban J connectivity index is 0.880. The third-order valence-corrected chi connectivity index (χ3v) is 14.4. The maximum Gasteiger partial charge on any atom is 0.301 e. The number of piperidine rings is 3. The number of hydrogen-bond acceptors (Lipinski definition) is 11. The number of nitriles is 1. The van der Waals surface area contributed by atoms with Crippen LogP contribution < -0.4 is 25.7 Å². The first-order chi connectivity index (χ1) is 30.6. The molecule has 3 fully saturated rings. The molecule has 0 spiro atoms. The second-order valence-electron chi connectivity index (χ2n) is 16.9. The van der Waals surface area contributed by atoms with E-state index in [2.05, 4.69) is 32.2 Å². The minimum absolute atomic E-state index is 0.0197. The van der Waals surface area contributed by atoms with E-state index in [1.54, 1.807) is 25.1 Å². The van der Waals surface area contributed by atoms with Gasteiger partial charge in [0.1, 0.15) is 29.2 Å². The quantitative estimate of drug-likeness (QED) is 0.131. The molecule has 3 aromatic carbocycles. The van der Waals surface area contributed by atoms with Gasteiger partial charge in [-0.1, -0.05) is 19.9 Å². The van der Waals surface area contributed by atoms with Gasteiger partial charge in [-0.15, -0.1) is 0 Å². The molecule has 2 atom stereocenters. The van der Waals surface area contributed by atoms with Crippen molar-refractivity contribution in [2.75, 3.05) is 56.4 Å². The Morgan fingerprint density at radius 3 is 2.45 bits per heavy atom. The van der Waals surface area contributed by atoms with Crippen LogP contribution in [0.5, 0.6) is 11.5 Å². The number of carbonyl (C=O) groups is 3. The summed E-state index contributed by atoms with van der Waals surface area (Å²) in [5.74, 6) is -1.67. The smallest absolute Gasteiger partial charge is 0.301 e. The molecule has 19 heteroatoms. The number of amides is 3. The Hall–Kier alpha value is -5.97. The lowest BCUT2D eigenvalue weighted by molar-refractivity contribution is -0.135. The molecule has 1 aromatic heterocycles. The van der Waals surface area contributed by atoms with Gasteiger partial charge in [0.05, 0.1) is 29.5 Å². The maximum absolute atomic E-state index is 15.2.